The maximum Gasteiger partial charge on any atom is 0.434 e. The SMILES string of the molecule is CCNC(=NCc1nc(C(F)(F)F)cs1)N(C)Cc1cc(OC)c(OC)cc1C.I. The largest absolute Gasteiger partial charge is 0.493 e. The van der Waals surface area contributed by atoms with Crippen molar-refractivity contribution in [3.05, 3.63) is 39.3 Å². The summed E-state index contributed by atoms with van der Waals surface area (Å²) in [6, 6.07) is 3.81. The van der Waals surface area contributed by atoms with Gasteiger partial charge < -0.3 is 19.7 Å². The molecule has 0 aliphatic carbocycles. The molecule has 0 aliphatic rings. The fraction of sp³-hybridized carbons (Fsp3) is 0.474. The minimum absolute atomic E-state index is 0. The second-order valence-corrected chi connectivity index (χ2v) is 7.23. The van der Waals surface area contributed by atoms with E-state index in [1.807, 2.05) is 37.9 Å². The molecule has 30 heavy (non-hydrogen) atoms. The van der Waals surface area contributed by atoms with Crippen LogP contribution >= 0.6 is 35.3 Å². The molecule has 0 unspecified atom stereocenters. The summed E-state index contributed by atoms with van der Waals surface area (Å²) in [5.41, 5.74) is 1.16. The Morgan fingerprint density at radius 3 is 2.40 bits per heavy atom. The molecule has 0 aliphatic heterocycles. The van der Waals surface area contributed by atoms with Crippen molar-refractivity contribution in [3.63, 3.8) is 0 Å². The first-order chi connectivity index (χ1) is 13.7. The predicted molar refractivity (Wildman–Crippen MR) is 123 cm³/mol. The van der Waals surface area contributed by atoms with Gasteiger partial charge in [0, 0.05) is 25.5 Å². The Balaban J connectivity index is 0.00000450. The number of hydrogen-bond donors (Lipinski definition) is 1. The van der Waals surface area contributed by atoms with Crippen LogP contribution in [-0.2, 0) is 19.3 Å². The molecule has 0 radical (unpaired) electrons. The maximum atomic E-state index is 12.7. The summed E-state index contributed by atoms with van der Waals surface area (Å²) < 4.78 is 48.8. The van der Waals surface area contributed by atoms with Crippen LogP contribution in [0.2, 0.25) is 0 Å². The summed E-state index contributed by atoms with van der Waals surface area (Å²) in [7, 11) is 5.03. The van der Waals surface area contributed by atoms with E-state index in [1.54, 1.807) is 14.2 Å². The highest BCUT2D eigenvalue weighted by Gasteiger charge is 2.33. The van der Waals surface area contributed by atoms with E-state index in [2.05, 4.69) is 15.3 Å². The third-order valence-electron chi connectivity index (χ3n) is 4.15. The van der Waals surface area contributed by atoms with Gasteiger partial charge in [0.2, 0.25) is 0 Å². The molecule has 168 valence electrons. The van der Waals surface area contributed by atoms with Crippen LogP contribution in [0.15, 0.2) is 22.5 Å². The number of ether oxygens (including phenoxy) is 2. The molecule has 1 aromatic heterocycles. The van der Waals surface area contributed by atoms with Gasteiger partial charge in [0.15, 0.2) is 23.2 Å². The van der Waals surface area contributed by atoms with Crippen LogP contribution in [-0.4, -0.2) is 43.7 Å². The van der Waals surface area contributed by atoms with E-state index in [0.29, 0.717) is 35.6 Å². The standard InChI is InChI=1S/C19H25F3N4O2S.HI/c1-6-23-18(24-9-17-25-16(11-29-17)19(20,21)22)26(3)10-13-8-15(28-5)14(27-4)7-12(13)2;/h7-8,11H,6,9-10H2,1-5H3,(H,23,24);1H. The molecule has 0 amide bonds. The lowest BCUT2D eigenvalue weighted by Gasteiger charge is -2.23. The second kappa shape index (κ2) is 11.6. The van der Waals surface area contributed by atoms with E-state index in [9.17, 15) is 13.2 Å². The number of aryl methyl sites for hydroxylation is 1. The quantitative estimate of drug-likeness (QED) is 0.304. The highest BCUT2D eigenvalue weighted by Crippen LogP contribution is 2.31. The summed E-state index contributed by atoms with van der Waals surface area (Å²) in [4.78, 5) is 9.96. The molecular weight excluding hydrogens is 532 g/mol. The van der Waals surface area contributed by atoms with Crippen LogP contribution in [0.25, 0.3) is 0 Å². The van der Waals surface area contributed by atoms with Gasteiger partial charge in [-0.25, -0.2) is 9.98 Å². The molecule has 0 bridgehead atoms. The monoisotopic (exact) mass is 558 g/mol. The third kappa shape index (κ3) is 6.89. The summed E-state index contributed by atoms with van der Waals surface area (Å²) in [5.74, 6) is 1.86. The highest BCUT2D eigenvalue weighted by atomic mass is 127. The number of nitrogens with one attached hydrogen (secondary N) is 1. The van der Waals surface area contributed by atoms with Crippen molar-refractivity contribution >= 4 is 41.3 Å². The van der Waals surface area contributed by atoms with E-state index in [4.69, 9.17) is 9.47 Å². The van der Waals surface area contributed by atoms with Gasteiger partial charge in [0.1, 0.15) is 5.01 Å². The van der Waals surface area contributed by atoms with E-state index < -0.39 is 11.9 Å². The molecule has 6 nitrogen and oxygen atoms in total. The van der Waals surface area contributed by atoms with Crippen molar-refractivity contribution < 1.29 is 22.6 Å². The van der Waals surface area contributed by atoms with Gasteiger partial charge in [-0.1, -0.05) is 0 Å². The zero-order valence-electron chi connectivity index (χ0n) is 17.5. The summed E-state index contributed by atoms with van der Waals surface area (Å²) in [6.07, 6.45) is -4.44. The molecule has 1 aromatic carbocycles. The highest BCUT2D eigenvalue weighted by molar-refractivity contribution is 14.0. The van der Waals surface area contributed by atoms with E-state index in [1.165, 1.54) is 0 Å². The van der Waals surface area contributed by atoms with Crippen molar-refractivity contribution in [2.75, 3.05) is 27.8 Å². The first-order valence-electron chi connectivity index (χ1n) is 8.92. The smallest absolute Gasteiger partial charge is 0.434 e. The Morgan fingerprint density at radius 2 is 1.87 bits per heavy atom. The molecular formula is C19H26F3IN4O2S. The summed E-state index contributed by atoms with van der Waals surface area (Å²) in [6.45, 7) is 5.13. The van der Waals surface area contributed by atoms with Crippen LogP contribution in [0.4, 0.5) is 13.2 Å². The lowest BCUT2D eigenvalue weighted by atomic mass is 10.1. The van der Waals surface area contributed by atoms with Crippen LogP contribution in [0.1, 0.15) is 28.8 Å². The van der Waals surface area contributed by atoms with Crippen molar-refractivity contribution in [2.45, 2.75) is 33.1 Å². The average Bonchev–Trinajstić information content (AvgIpc) is 3.15. The van der Waals surface area contributed by atoms with Gasteiger partial charge in [-0.3, -0.25) is 0 Å². The van der Waals surface area contributed by atoms with Gasteiger partial charge in [0.05, 0.1) is 20.8 Å². The first kappa shape index (κ1) is 26.3. The van der Waals surface area contributed by atoms with Crippen molar-refractivity contribution in [3.8, 4) is 11.5 Å². The predicted octanol–water partition coefficient (Wildman–Crippen LogP) is 4.70. The maximum absolute atomic E-state index is 12.7. The number of halogens is 4. The minimum Gasteiger partial charge on any atom is -0.493 e. The number of aliphatic imine (C=N–C) groups is 1. The Hall–Kier alpha value is -1.76. The number of guanidine groups is 1. The Labute approximate surface area is 195 Å². The van der Waals surface area contributed by atoms with Crippen LogP contribution in [0.3, 0.4) is 0 Å². The van der Waals surface area contributed by atoms with Gasteiger partial charge in [-0.15, -0.1) is 35.3 Å². The average molecular weight is 558 g/mol. The Kier molecular flexibility index (Phi) is 10.1. The molecule has 0 spiro atoms. The molecule has 11 heteroatoms. The lowest BCUT2D eigenvalue weighted by Crippen LogP contribution is -2.38. The van der Waals surface area contributed by atoms with E-state index in [-0.39, 0.29) is 30.5 Å². The number of alkyl halides is 3. The first-order valence-corrected chi connectivity index (χ1v) is 9.80. The van der Waals surface area contributed by atoms with Crippen LogP contribution in [0, 0.1) is 6.92 Å². The zero-order valence-corrected chi connectivity index (χ0v) is 20.6. The Morgan fingerprint density at radius 1 is 1.23 bits per heavy atom. The molecule has 0 saturated carbocycles. The molecule has 2 aromatic rings. The normalized spacial score (nSPS) is 11.7. The van der Waals surface area contributed by atoms with Gasteiger partial charge in [-0.05, 0) is 37.1 Å². The molecule has 1 N–H and O–H groups in total. The van der Waals surface area contributed by atoms with E-state index in [0.717, 1.165) is 27.8 Å². The van der Waals surface area contributed by atoms with Crippen molar-refractivity contribution in [1.82, 2.24) is 15.2 Å². The van der Waals surface area contributed by atoms with Gasteiger partial charge in [0.25, 0.3) is 0 Å². The van der Waals surface area contributed by atoms with Gasteiger partial charge in [-0.2, -0.15) is 13.2 Å². The second-order valence-electron chi connectivity index (χ2n) is 6.28. The number of methoxy groups -OCH3 is 2. The molecule has 1 heterocycles. The number of aromatic nitrogens is 1. The topological polar surface area (TPSA) is 59.0 Å². The fourth-order valence-corrected chi connectivity index (χ4v) is 3.37. The van der Waals surface area contributed by atoms with E-state index >= 15 is 0 Å². The minimum atomic E-state index is -4.44. The summed E-state index contributed by atoms with van der Waals surface area (Å²) >= 11 is 0.949. The Bertz CT molecular complexity index is 859. The molecule has 0 fully saturated rings. The van der Waals surface area contributed by atoms with Crippen molar-refractivity contribution in [2.24, 2.45) is 4.99 Å². The number of thiazole rings is 1. The number of nitrogens with zero attached hydrogens (tertiary/aromatic N) is 3. The molecule has 2 rings (SSSR count). The lowest BCUT2D eigenvalue weighted by molar-refractivity contribution is -0.140. The molecule has 0 saturated heterocycles. The van der Waals surface area contributed by atoms with Crippen molar-refractivity contribution in [1.29, 1.82) is 0 Å². The number of hydrogen-bond acceptors (Lipinski definition) is 5. The van der Waals surface area contributed by atoms with Gasteiger partial charge >= 0.3 is 6.18 Å². The fourth-order valence-electron chi connectivity index (χ4n) is 2.65. The number of rotatable bonds is 7. The molecule has 0 atom stereocenters. The zero-order chi connectivity index (χ0) is 21.6. The third-order valence-corrected chi connectivity index (χ3v) is 4.99. The van der Waals surface area contributed by atoms with Crippen LogP contribution in [0.5, 0.6) is 11.5 Å². The van der Waals surface area contributed by atoms with Crippen LogP contribution < -0.4 is 14.8 Å². The number of benzene rings is 1. The summed E-state index contributed by atoms with van der Waals surface area (Å²) in [5, 5.41) is 4.47.